The Bertz CT molecular complexity index is 215. The maximum absolute atomic E-state index is 10.4. The molecule has 2 amide bonds. The number of carboxylic acid groups (broad SMARTS) is 1. The summed E-state index contributed by atoms with van der Waals surface area (Å²) in [7, 11) is 0. The van der Waals surface area contributed by atoms with Crippen molar-refractivity contribution in [1.82, 2.24) is 5.32 Å². The van der Waals surface area contributed by atoms with Crippen molar-refractivity contribution >= 4 is 17.8 Å². The number of rotatable bonds is 5. The van der Waals surface area contributed by atoms with E-state index < -0.39 is 17.8 Å². The predicted molar refractivity (Wildman–Crippen MR) is 40.7 cm³/mol. The lowest BCUT2D eigenvalue weighted by molar-refractivity contribution is -0.150. The van der Waals surface area contributed by atoms with Crippen LogP contribution in [0, 0.1) is 0 Å². The number of carbonyl (C=O) groups is 3. The third-order valence-electron chi connectivity index (χ3n) is 0.971. The van der Waals surface area contributed by atoms with Crippen molar-refractivity contribution in [2.45, 2.75) is 0 Å². The van der Waals surface area contributed by atoms with Gasteiger partial charge < -0.3 is 20.9 Å². The first-order valence-electron chi connectivity index (χ1n) is 3.41. The van der Waals surface area contributed by atoms with Gasteiger partial charge in [0.05, 0.1) is 6.61 Å². The van der Waals surface area contributed by atoms with E-state index in [1.165, 1.54) is 0 Å². The summed E-state index contributed by atoms with van der Waals surface area (Å²) < 4.78 is 4.64. The Labute approximate surface area is 73.8 Å². The molecule has 0 saturated carbocycles. The van der Waals surface area contributed by atoms with Gasteiger partial charge >= 0.3 is 11.9 Å². The van der Waals surface area contributed by atoms with Crippen LogP contribution in [0.2, 0.25) is 0 Å². The standard InChI is InChI=1S/C6H10N2O5/c7-4(9)3-13-2-1-8-5(10)6(11)12/h1-3H2,(H2,7,9)(H,8,10)(H,11,12). The Morgan fingerprint density at radius 2 is 2.00 bits per heavy atom. The van der Waals surface area contributed by atoms with E-state index in [1.54, 1.807) is 0 Å². The monoisotopic (exact) mass is 190 g/mol. The number of nitrogens with one attached hydrogen (secondary N) is 1. The molecule has 4 N–H and O–H groups in total. The van der Waals surface area contributed by atoms with Crippen molar-refractivity contribution in [2.75, 3.05) is 19.8 Å². The zero-order valence-corrected chi connectivity index (χ0v) is 6.78. The molecule has 0 aliphatic rings. The molecule has 74 valence electrons. The number of hydrogen-bond donors (Lipinski definition) is 3. The Kier molecular flexibility index (Phi) is 5.20. The van der Waals surface area contributed by atoms with Gasteiger partial charge in [0.2, 0.25) is 5.91 Å². The molecular formula is C6H10N2O5. The number of ether oxygens (including phenoxy) is 1. The van der Waals surface area contributed by atoms with Crippen LogP contribution >= 0.6 is 0 Å². The first kappa shape index (κ1) is 11.4. The van der Waals surface area contributed by atoms with Crippen molar-refractivity contribution in [2.24, 2.45) is 5.73 Å². The van der Waals surface area contributed by atoms with Crippen LogP contribution < -0.4 is 11.1 Å². The van der Waals surface area contributed by atoms with Gasteiger partial charge in [0, 0.05) is 6.54 Å². The summed E-state index contributed by atoms with van der Waals surface area (Å²) in [6, 6.07) is 0. The molecule has 7 nitrogen and oxygen atoms in total. The van der Waals surface area contributed by atoms with E-state index in [1.807, 2.05) is 5.32 Å². The van der Waals surface area contributed by atoms with Crippen LogP contribution in [0.3, 0.4) is 0 Å². The molecule has 0 aliphatic carbocycles. The summed E-state index contributed by atoms with van der Waals surface area (Å²) in [6.07, 6.45) is 0. The lowest BCUT2D eigenvalue weighted by atomic mass is 10.5. The number of amides is 2. The highest BCUT2D eigenvalue weighted by Gasteiger charge is 2.08. The van der Waals surface area contributed by atoms with E-state index in [2.05, 4.69) is 4.74 Å². The minimum Gasteiger partial charge on any atom is -0.474 e. The molecule has 13 heavy (non-hydrogen) atoms. The molecule has 0 fully saturated rings. The molecule has 0 aliphatic heterocycles. The van der Waals surface area contributed by atoms with E-state index in [0.717, 1.165) is 0 Å². The lowest BCUT2D eigenvalue weighted by Gasteiger charge is -2.01. The summed E-state index contributed by atoms with van der Waals surface area (Å²) in [5, 5.41) is 10.1. The summed E-state index contributed by atoms with van der Waals surface area (Å²) in [6.45, 7) is -0.177. The van der Waals surface area contributed by atoms with Crippen molar-refractivity contribution in [3.63, 3.8) is 0 Å². The molecule has 0 saturated heterocycles. The second-order valence-electron chi connectivity index (χ2n) is 2.08. The molecule has 7 heteroatoms. The highest BCUT2D eigenvalue weighted by atomic mass is 16.5. The normalized spacial score (nSPS) is 9.23. The van der Waals surface area contributed by atoms with E-state index >= 15 is 0 Å². The van der Waals surface area contributed by atoms with Gasteiger partial charge in [-0.25, -0.2) is 4.79 Å². The van der Waals surface area contributed by atoms with Gasteiger partial charge in [0.15, 0.2) is 0 Å². The second kappa shape index (κ2) is 5.95. The van der Waals surface area contributed by atoms with E-state index in [4.69, 9.17) is 10.8 Å². The zero-order valence-electron chi connectivity index (χ0n) is 6.78. The number of hydrogen-bond acceptors (Lipinski definition) is 4. The van der Waals surface area contributed by atoms with Gasteiger partial charge in [-0.2, -0.15) is 0 Å². The number of aliphatic carboxylic acids is 1. The fourth-order valence-corrected chi connectivity index (χ4v) is 0.485. The van der Waals surface area contributed by atoms with Crippen molar-refractivity contribution in [1.29, 1.82) is 0 Å². The maximum atomic E-state index is 10.4. The Morgan fingerprint density at radius 1 is 1.38 bits per heavy atom. The van der Waals surface area contributed by atoms with Crippen LogP contribution in [0.25, 0.3) is 0 Å². The molecule has 0 rings (SSSR count). The molecule has 0 aromatic heterocycles. The van der Waals surface area contributed by atoms with Gasteiger partial charge in [-0.1, -0.05) is 0 Å². The van der Waals surface area contributed by atoms with Crippen LogP contribution in [-0.4, -0.2) is 42.6 Å². The van der Waals surface area contributed by atoms with Gasteiger partial charge in [0.1, 0.15) is 6.61 Å². The molecular weight excluding hydrogens is 180 g/mol. The predicted octanol–water partition coefficient (Wildman–Crippen LogP) is -2.31. The Hall–Kier alpha value is -1.63. The van der Waals surface area contributed by atoms with Crippen molar-refractivity contribution in [3.8, 4) is 0 Å². The topological polar surface area (TPSA) is 119 Å². The van der Waals surface area contributed by atoms with Crippen LogP contribution in [-0.2, 0) is 19.1 Å². The first-order valence-corrected chi connectivity index (χ1v) is 3.41. The summed E-state index contributed by atoms with van der Waals surface area (Å²) in [5.41, 5.74) is 4.74. The zero-order chi connectivity index (χ0) is 10.3. The number of carboxylic acids is 1. The summed E-state index contributed by atoms with van der Waals surface area (Å²) in [4.78, 5) is 30.4. The molecule has 0 bridgehead atoms. The fraction of sp³-hybridized carbons (Fsp3) is 0.500. The number of nitrogens with two attached hydrogens (primary N) is 1. The first-order chi connectivity index (χ1) is 6.04. The Morgan fingerprint density at radius 3 is 2.46 bits per heavy atom. The molecule has 0 aromatic carbocycles. The van der Waals surface area contributed by atoms with E-state index in [9.17, 15) is 14.4 Å². The Balaban J connectivity index is 3.31. The molecule has 0 atom stereocenters. The van der Waals surface area contributed by atoms with E-state index in [0.29, 0.717) is 0 Å². The minimum absolute atomic E-state index is 0.0262. The molecule has 0 spiro atoms. The van der Waals surface area contributed by atoms with Gasteiger partial charge in [0.25, 0.3) is 0 Å². The maximum Gasteiger partial charge on any atom is 0.394 e. The lowest BCUT2D eigenvalue weighted by Crippen LogP contribution is -2.33. The van der Waals surface area contributed by atoms with Crippen LogP contribution in [0.4, 0.5) is 0 Å². The van der Waals surface area contributed by atoms with Crippen LogP contribution in [0.1, 0.15) is 0 Å². The number of primary amides is 1. The van der Waals surface area contributed by atoms with Crippen LogP contribution in [0.5, 0.6) is 0 Å². The minimum atomic E-state index is -1.56. The molecule has 0 radical (unpaired) electrons. The number of carbonyl (C=O) groups excluding carboxylic acids is 2. The highest BCUT2D eigenvalue weighted by molar-refractivity contribution is 6.31. The van der Waals surface area contributed by atoms with Crippen molar-refractivity contribution < 1.29 is 24.2 Å². The third kappa shape index (κ3) is 6.76. The average Bonchev–Trinajstić information content (AvgIpc) is 2.02. The molecule has 0 aromatic rings. The van der Waals surface area contributed by atoms with Gasteiger partial charge in [-0.3, -0.25) is 9.59 Å². The third-order valence-corrected chi connectivity index (χ3v) is 0.971. The smallest absolute Gasteiger partial charge is 0.394 e. The average molecular weight is 190 g/mol. The quantitative estimate of drug-likeness (QED) is 0.332. The highest BCUT2D eigenvalue weighted by Crippen LogP contribution is 1.72. The van der Waals surface area contributed by atoms with Crippen molar-refractivity contribution in [3.05, 3.63) is 0 Å². The van der Waals surface area contributed by atoms with Crippen LogP contribution in [0.15, 0.2) is 0 Å². The summed E-state index contributed by atoms with van der Waals surface area (Å²) in [5.74, 6) is -3.29. The SMILES string of the molecule is NC(=O)COCCNC(=O)C(=O)O. The summed E-state index contributed by atoms with van der Waals surface area (Å²) >= 11 is 0. The second-order valence-corrected chi connectivity index (χ2v) is 2.08. The van der Waals surface area contributed by atoms with Gasteiger partial charge in [-0.05, 0) is 0 Å². The fourth-order valence-electron chi connectivity index (χ4n) is 0.485. The molecule has 0 heterocycles. The largest absolute Gasteiger partial charge is 0.474 e. The van der Waals surface area contributed by atoms with Gasteiger partial charge in [-0.15, -0.1) is 0 Å². The van der Waals surface area contributed by atoms with E-state index in [-0.39, 0.29) is 19.8 Å². The molecule has 0 unspecified atom stereocenters.